The van der Waals surface area contributed by atoms with E-state index in [1.165, 1.54) is 0 Å². The molecule has 4 rings (SSSR count). The van der Waals surface area contributed by atoms with Gasteiger partial charge in [0, 0.05) is 44.0 Å². The topological polar surface area (TPSA) is 83.1 Å². The predicted molar refractivity (Wildman–Crippen MR) is 105 cm³/mol. The van der Waals surface area contributed by atoms with Crippen LogP contribution < -0.4 is 20.1 Å². The Balaban J connectivity index is 1.24. The van der Waals surface area contributed by atoms with Crippen LogP contribution in [0.15, 0.2) is 18.2 Å². The summed E-state index contributed by atoms with van der Waals surface area (Å²) in [4.78, 5) is 28.9. The van der Waals surface area contributed by atoms with E-state index in [0.29, 0.717) is 43.0 Å². The van der Waals surface area contributed by atoms with Gasteiger partial charge in [0.2, 0.25) is 11.8 Å². The largest absolute Gasteiger partial charge is 0.486 e. The minimum atomic E-state index is -0.240. The standard InChI is InChI=1S/C20H28N4O4/c1-14(20(26)22-16-4-5-17-18(12-16)28-11-10-27-17)24-8-6-23(7-9-24)13-19(25)21-15-2-3-15/h4-5,12,14-15H,2-3,6-11,13H2,1H3,(H,21,25)(H,22,26). The minimum absolute atomic E-state index is 0.0448. The summed E-state index contributed by atoms with van der Waals surface area (Å²) in [7, 11) is 0. The smallest absolute Gasteiger partial charge is 0.241 e. The van der Waals surface area contributed by atoms with Gasteiger partial charge in [0.05, 0.1) is 12.6 Å². The molecule has 2 aliphatic heterocycles. The van der Waals surface area contributed by atoms with Crippen LogP contribution in [-0.4, -0.2) is 79.6 Å². The third kappa shape index (κ3) is 4.74. The van der Waals surface area contributed by atoms with Gasteiger partial charge in [-0.15, -0.1) is 0 Å². The number of carbonyl (C=O) groups excluding carboxylic acids is 2. The van der Waals surface area contributed by atoms with Gasteiger partial charge in [-0.25, -0.2) is 0 Å². The van der Waals surface area contributed by atoms with Gasteiger partial charge in [0.15, 0.2) is 11.5 Å². The van der Waals surface area contributed by atoms with Crippen molar-refractivity contribution in [3.8, 4) is 11.5 Å². The number of hydrogen-bond acceptors (Lipinski definition) is 6. The number of piperazine rings is 1. The first-order chi connectivity index (χ1) is 13.6. The van der Waals surface area contributed by atoms with Gasteiger partial charge in [-0.3, -0.25) is 19.4 Å². The third-order valence-electron chi connectivity index (χ3n) is 5.45. The number of ether oxygens (including phenoxy) is 2. The lowest BCUT2D eigenvalue weighted by Crippen LogP contribution is -2.54. The van der Waals surface area contributed by atoms with Crippen LogP contribution in [0.3, 0.4) is 0 Å². The molecule has 1 unspecified atom stereocenters. The maximum atomic E-state index is 12.7. The average Bonchev–Trinajstić information content (AvgIpc) is 3.51. The second-order valence-corrected chi connectivity index (χ2v) is 7.68. The third-order valence-corrected chi connectivity index (χ3v) is 5.45. The highest BCUT2D eigenvalue weighted by molar-refractivity contribution is 5.94. The van der Waals surface area contributed by atoms with Gasteiger partial charge < -0.3 is 20.1 Å². The van der Waals surface area contributed by atoms with Gasteiger partial charge in [-0.05, 0) is 31.9 Å². The fourth-order valence-corrected chi connectivity index (χ4v) is 3.55. The second kappa shape index (κ2) is 8.36. The van der Waals surface area contributed by atoms with Crippen molar-refractivity contribution in [1.29, 1.82) is 0 Å². The molecule has 1 aliphatic carbocycles. The number of nitrogens with zero attached hydrogens (tertiary/aromatic N) is 2. The maximum absolute atomic E-state index is 12.7. The van der Waals surface area contributed by atoms with Crippen molar-refractivity contribution < 1.29 is 19.1 Å². The molecule has 8 nitrogen and oxygen atoms in total. The molecule has 2 amide bonds. The van der Waals surface area contributed by atoms with Crippen molar-refractivity contribution >= 4 is 17.5 Å². The Morgan fingerprint density at radius 1 is 1.11 bits per heavy atom. The molecule has 0 bridgehead atoms. The van der Waals surface area contributed by atoms with Crippen LogP contribution in [-0.2, 0) is 9.59 Å². The summed E-state index contributed by atoms with van der Waals surface area (Å²) < 4.78 is 11.1. The van der Waals surface area contributed by atoms with Gasteiger partial charge in [-0.1, -0.05) is 0 Å². The molecule has 28 heavy (non-hydrogen) atoms. The van der Waals surface area contributed by atoms with Crippen LogP contribution in [0.2, 0.25) is 0 Å². The summed E-state index contributed by atoms with van der Waals surface area (Å²) in [5, 5.41) is 5.99. The average molecular weight is 388 g/mol. The SMILES string of the molecule is CC(C(=O)Nc1ccc2c(c1)OCCO2)N1CCN(CC(=O)NC2CC2)CC1. The molecule has 2 N–H and O–H groups in total. The van der Waals surface area contributed by atoms with E-state index in [1.54, 1.807) is 6.07 Å². The van der Waals surface area contributed by atoms with E-state index in [9.17, 15) is 9.59 Å². The van der Waals surface area contributed by atoms with Crippen LogP contribution in [0.1, 0.15) is 19.8 Å². The number of rotatable bonds is 6. The van der Waals surface area contributed by atoms with Crippen molar-refractivity contribution in [3.63, 3.8) is 0 Å². The molecule has 1 aromatic carbocycles. The number of benzene rings is 1. The highest BCUT2D eigenvalue weighted by atomic mass is 16.6. The lowest BCUT2D eigenvalue weighted by atomic mass is 10.2. The van der Waals surface area contributed by atoms with Crippen molar-refractivity contribution in [1.82, 2.24) is 15.1 Å². The summed E-state index contributed by atoms with van der Waals surface area (Å²) in [5.74, 6) is 1.44. The molecule has 1 saturated carbocycles. The van der Waals surface area contributed by atoms with Gasteiger partial charge in [0.1, 0.15) is 13.2 Å². The monoisotopic (exact) mass is 388 g/mol. The Morgan fingerprint density at radius 3 is 2.54 bits per heavy atom. The van der Waals surface area contributed by atoms with Gasteiger partial charge >= 0.3 is 0 Å². The molecule has 2 fully saturated rings. The quantitative estimate of drug-likeness (QED) is 0.746. The minimum Gasteiger partial charge on any atom is -0.486 e. The summed E-state index contributed by atoms with van der Waals surface area (Å²) in [6.07, 6.45) is 2.21. The zero-order valence-electron chi connectivity index (χ0n) is 16.3. The summed E-state index contributed by atoms with van der Waals surface area (Å²) in [6.45, 7) is 6.55. The number of anilines is 1. The zero-order valence-corrected chi connectivity index (χ0v) is 16.3. The molecule has 0 aromatic heterocycles. The lowest BCUT2D eigenvalue weighted by Gasteiger charge is -2.37. The molecule has 0 radical (unpaired) electrons. The van der Waals surface area contributed by atoms with E-state index in [-0.39, 0.29) is 17.9 Å². The van der Waals surface area contributed by atoms with Crippen LogP contribution in [0.25, 0.3) is 0 Å². The summed E-state index contributed by atoms with van der Waals surface area (Å²) >= 11 is 0. The summed E-state index contributed by atoms with van der Waals surface area (Å²) in [6, 6.07) is 5.61. The molecular weight excluding hydrogens is 360 g/mol. The highest BCUT2D eigenvalue weighted by Crippen LogP contribution is 2.32. The predicted octanol–water partition coefficient (Wildman–Crippen LogP) is 0.681. The van der Waals surface area contributed by atoms with Crippen LogP contribution >= 0.6 is 0 Å². The number of hydrogen-bond donors (Lipinski definition) is 2. The highest BCUT2D eigenvalue weighted by Gasteiger charge is 2.28. The normalized spacial score (nSPS) is 21.0. The Morgan fingerprint density at radius 2 is 1.82 bits per heavy atom. The molecule has 2 heterocycles. The Labute approximate surface area is 165 Å². The number of nitrogens with one attached hydrogen (secondary N) is 2. The van der Waals surface area contributed by atoms with E-state index >= 15 is 0 Å². The van der Waals surface area contributed by atoms with E-state index in [1.807, 2.05) is 19.1 Å². The van der Waals surface area contributed by atoms with Crippen molar-refractivity contribution in [3.05, 3.63) is 18.2 Å². The second-order valence-electron chi connectivity index (χ2n) is 7.68. The van der Waals surface area contributed by atoms with E-state index < -0.39 is 0 Å². The van der Waals surface area contributed by atoms with Crippen molar-refractivity contribution in [2.75, 3.05) is 51.3 Å². The first-order valence-corrected chi connectivity index (χ1v) is 10.0. The molecule has 1 aromatic rings. The molecule has 8 heteroatoms. The molecule has 152 valence electrons. The lowest BCUT2D eigenvalue weighted by molar-refractivity contribution is -0.124. The Hall–Kier alpha value is -2.32. The zero-order chi connectivity index (χ0) is 19.5. The van der Waals surface area contributed by atoms with Gasteiger partial charge in [-0.2, -0.15) is 0 Å². The number of carbonyl (C=O) groups is 2. The molecule has 3 aliphatic rings. The van der Waals surface area contributed by atoms with Crippen LogP contribution in [0.4, 0.5) is 5.69 Å². The van der Waals surface area contributed by atoms with E-state index in [4.69, 9.17) is 9.47 Å². The number of amides is 2. The molecule has 1 atom stereocenters. The summed E-state index contributed by atoms with van der Waals surface area (Å²) in [5.41, 5.74) is 0.705. The Kier molecular flexibility index (Phi) is 5.68. The first kappa shape index (κ1) is 19.0. The van der Waals surface area contributed by atoms with Crippen LogP contribution in [0, 0.1) is 0 Å². The number of fused-ring (bicyclic) bond motifs is 1. The van der Waals surface area contributed by atoms with E-state index in [2.05, 4.69) is 20.4 Å². The molecule has 1 saturated heterocycles. The maximum Gasteiger partial charge on any atom is 0.241 e. The first-order valence-electron chi connectivity index (χ1n) is 10.0. The van der Waals surface area contributed by atoms with Crippen molar-refractivity contribution in [2.45, 2.75) is 31.8 Å². The Bertz CT molecular complexity index is 729. The van der Waals surface area contributed by atoms with E-state index in [0.717, 1.165) is 39.0 Å². The molecule has 0 spiro atoms. The fourth-order valence-electron chi connectivity index (χ4n) is 3.55. The molecular formula is C20H28N4O4. The van der Waals surface area contributed by atoms with Gasteiger partial charge in [0.25, 0.3) is 0 Å². The van der Waals surface area contributed by atoms with Crippen molar-refractivity contribution in [2.24, 2.45) is 0 Å². The van der Waals surface area contributed by atoms with Crippen LogP contribution in [0.5, 0.6) is 11.5 Å². The fraction of sp³-hybridized carbons (Fsp3) is 0.600.